The molecule has 0 unspecified atom stereocenters. The van der Waals surface area contributed by atoms with Crippen LogP contribution in [0.15, 0.2) is 6.07 Å². The van der Waals surface area contributed by atoms with E-state index in [1.807, 2.05) is 0 Å². The van der Waals surface area contributed by atoms with Gasteiger partial charge in [0.25, 0.3) is 0 Å². The Morgan fingerprint density at radius 2 is 1.93 bits per heavy atom. The van der Waals surface area contributed by atoms with Crippen molar-refractivity contribution in [2.75, 3.05) is 7.11 Å². The quantitative estimate of drug-likeness (QED) is 0.652. The summed E-state index contributed by atoms with van der Waals surface area (Å²) in [4.78, 5) is 0. The van der Waals surface area contributed by atoms with Gasteiger partial charge in [-0.15, -0.1) is 0 Å². The normalized spacial score (nSPS) is 11.5. The molecule has 84 valence electrons. The molecule has 1 rings (SSSR count). The van der Waals surface area contributed by atoms with E-state index >= 15 is 0 Å². The maximum atomic E-state index is 13.7. The van der Waals surface area contributed by atoms with Crippen molar-refractivity contribution in [3.8, 4) is 17.2 Å². The van der Waals surface area contributed by atoms with E-state index < -0.39 is 22.9 Å². The van der Waals surface area contributed by atoms with E-state index in [0.29, 0.717) is 0 Å². The van der Waals surface area contributed by atoms with Gasteiger partial charge >= 0.3 is 0 Å². The van der Waals surface area contributed by atoms with E-state index in [1.54, 1.807) is 0 Å². The Hall–Kier alpha value is -1.49. The first kappa shape index (κ1) is 11.6. The number of phenols is 2. The first-order chi connectivity index (χ1) is 6.79. The van der Waals surface area contributed by atoms with Crippen molar-refractivity contribution in [2.45, 2.75) is 19.4 Å². The second-order valence-corrected chi connectivity index (χ2v) is 3.86. The van der Waals surface area contributed by atoms with Gasteiger partial charge in [0.05, 0.1) is 12.7 Å². The molecule has 15 heavy (non-hydrogen) atoms. The number of nitrogens with two attached hydrogens (primary N) is 1. The third-order valence-electron chi connectivity index (χ3n) is 2.05. The lowest BCUT2D eigenvalue weighted by Crippen LogP contribution is -2.30. The van der Waals surface area contributed by atoms with Gasteiger partial charge in [-0.2, -0.15) is 0 Å². The summed E-state index contributed by atoms with van der Waals surface area (Å²) in [5.41, 5.74) is 4.41. The van der Waals surface area contributed by atoms with E-state index in [9.17, 15) is 14.6 Å². The summed E-state index contributed by atoms with van der Waals surface area (Å²) in [5.74, 6) is -1.93. The molecule has 0 aromatic heterocycles. The highest BCUT2D eigenvalue weighted by Gasteiger charge is 2.28. The SMILES string of the molecule is COc1cc(O)c(O)c(C(C)(C)N)c1F. The Bertz CT molecular complexity index is 385. The van der Waals surface area contributed by atoms with Crippen LogP contribution in [0.1, 0.15) is 19.4 Å². The van der Waals surface area contributed by atoms with Crippen LogP contribution in [0.3, 0.4) is 0 Å². The van der Waals surface area contributed by atoms with Crippen LogP contribution in [-0.2, 0) is 5.54 Å². The fraction of sp³-hybridized carbons (Fsp3) is 0.400. The molecule has 0 aliphatic heterocycles. The van der Waals surface area contributed by atoms with Crippen molar-refractivity contribution < 1.29 is 19.3 Å². The van der Waals surface area contributed by atoms with E-state index in [2.05, 4.69) is 0 Å². The maximum Gasteiger partial charge on any atom is 0.174 e. The summed E-state index contributed by atoms with van der Waals surface area (Å²) in [6.07, 6.45) is 0. The number of benzene rings is 1. The highest BCUT2D eigenvalue weighted by molar-refractivity contribution is 5.53. The Morgan fingerprint density at radius 1 is 1.40 bits per heavy atom. The molecule has 1 aromatic carbocycles. The van der Waals surface area contributed by atoms with Gasteiger partial charge in [0.1, 0.15) is 0 Å². The Labute approximate surface area is 87.1 Å². The number of methoxy groups -OCH3 is 1. The molecule has 4 N–H and O–H groups in total. The first-order valence-corrected chi connectivity index (χ1v) is 4.36. The van der Waals surface area contributed by atoms with Crippen LogP contribution in [-0.4, -0.2) is 17.3 Å². The predicted molar refractivity (Wildman–Crippen MR) is 53.5 cm³/mol. The summed E-state index contributed by atoms with van der Waals surface area (Å²) < 4.78 is 18.4. The van der Waals surface area contributed by atoms with Crippen molar-refractivity contribution in [1.29, 1.82) is 0 Å². The Kier molecular flexibility index (Phi) is 2.77. The van der Waals surface area contributed by atoms with Gasteiger partial charge in [0.15, 0.2) is 23.1 Å². The molecular weight excluding hydrogens is 201 g/mol. The van der Waals surface area contributed by atoms with E-state index in [4.69, 9.17) is 10.5 Å². The number of halogens is 1. The van der Waals surface area contributed by atoms with Gasteiger partial charge in [0, 0.05) is 11.6 Å². The summed E-state index contributed by atoms with van der Waals surface area (Å²) in [6.45, 7) is 3.04. The molecule has 1 aromatic rings. The zero-order chi connectivity index (χ0) is 11.8. The average molecular weight is 215 g/mol. The number of hydrogen-bond donors (Lipinski definition) is 3. The van der Waals surface area contributed by atoms with E-state index in [-0.39, 0.29) is 11.3 Å². The van der Waals surface area contributed by atoms with Gasteiger partial charge in [-0.25, -0.2) is 4.39 Å². The van der Waals surface area contributed by atoms with E-state index in [0.717, 1.165) is 6.07 Å². The largest absolute Gasteiger partial charge is 0.504 e. The van der Waals surface area contributed by atoms with Crippen molar-refractivity contribution >= 4 is 0 Å². The van der Waals surface area contributed by atoms with Gasteiger partial charge in [-0.3, -0.25) is 0 Å². The van der Waals surface area contributed by atoms with Crippen LogP contribution in [0, 0.1) is 5.82 Å². The third-order valence-corrected chi connectivity index (χ3v) is 2.05. The van der Waals surface area contributed by atoms with Crippen LogP contribution in [0.5, 0.6) is 17.2 Å². The molecule has 0 saturated heterocycles. The molecule has 0 aliphatic rings. The summed E-state index contributed by atoms with van der Waals surface area (Å²) in [6, 6.07) is 1.000. The molecule has 5 heteroatoms. The van der Waals surface area contributed by atoms with Crippen LogP contribution in [0.4, 0.5) is 4.39 Å². The third kappa shape index (κ3) is 1.97. The summed E-state index contributed by atoms with van der Waals surface area (Å²) >= 11 is 0. The fourth-order valence-corrected chi connectivity index (χ4v) is 1.35. The Balaban J connectivity index is 3.55. The molecular formula is C10H14FNO3. The molecule has 0 fully saturated rings. The molecule has 0 bridgehead atoms. The van der Waals surface area contributed by atoms with Gasteiger partial charge < -0.3 is 20.7 Å². The molecule has 4 nitrogen and oxygen atoms in total. The number of ether oxygens (including phenoxy) is 1. The van der Waals surface area contributed by atoms with Gasteiger partial charge in [0.2, 0.25) is 0 Å². The molecule has 0 amide bonds. The second kappa shape index (κ2) is 3.58. The standard InChI is InChI=1S/C10H14FNO3/c1-10(2,12)7-8(11)6(15-3)4-5(13)9(7)14/h4,13-14H,12H2,1-3H3. The number of rotatable bonds is 2. The van der Waals surface area contributed by atoms with Crippen molar-refractivity contribution in [2.24, 2.45) is 5.73 Å². The predicted octanol–water partition coefficient (Wildman–Crippen LogP) is 1.44. The maximum absolute atomic E-state index is 13.7. The van der Waals surface area contributed by atoms with Crippen molar-refractivity contribution in [1.82, 2.24) is 0 Å². The lowest BCUT2D eigenvalue weighted by molar-refractivity contribution is 0.345. The number of phenolic OH excluding ortho intramolecular Hbond substituents is 2. The fourth-order valence-electron chi connectivity index (χ4n) is 1.35. The number of aromatic hydroxyl groups is 2. The molecule has 0 saturated carbocycles. The van der Waals surface area contributed by atoms with E-state index in [1.165, 1.54) is 21.0 Å². The zero-order valence-corrected chi connectivity index (χ0v) is 8.84. The van der Waals surface area contributed by atoms with Crippen molar-refractivity contribution in [3.05, 3.63) is 17.4 Å². The first-order valence-electron chi connectivity index (χ1n) is 4.36. The lowest BCUT2D eigenvalue weighted by Gasteiger charge is -2.22. The average Bonchev–Trinajstić information content (AvgIpc) is 2.09. The lowest BCUT2D eigenvalue weighted by atomic mass is 9.93. The number of hydrogen-bond acceptors (Lipinski definition) is 4. The molecule has 0 atom stereocenters. The molecule has 0 spiro atoms. The smallest absolute Gasteiger partial charge is 0.174 e. The molecule has 0 heterocycles. The van der Waals surface area contributed by atoms with Crippen LogP contribution < -0.4 is 10.5 Å². The zero-order valence-electron chi connectivity index (χ0n) is 8.84. The molecule has 0 aliphatic carbocycles. The minimum absolute atomic E-state index is 0.154. The minimum Gasteiger partial charge on any atom is -0.504 e. The van der Waals surface area contributed by atoms with Gasteiger partial charge in [-0.05, 0) is 13.8 Å². The Morgan fingerprint density at radius 3 is 2.33 bits per heavy atom. The van der Waals surface area contributed by atoms with Crippen LogP contribution in [0.25, 0.3) is 0 Å². The van der Waals surface area contributed by atoms with Crippen molar-refractivity contribution in [3.63, 3.8) is 0 Å². The highest BCUT2D eigenvalue weighted by Crippen LogP contribution is 2.41. The topological polar surface area (TPSA) is 75.7 Å². The highest BCUT2D eigenvalue weighted by atomic mass is 19.1. The summed E-state index contributed by atoms with van der Waals surface area (Å²) in [5, 5.41) is 18.9. The minimum atomic E-state index is -1.11. The van der Waals surface area contributed by atoms with Crippen LogP contribution >= 0.6 is 0 Å². The monoisotopic (exact) mass is 215 g/mol. The second-order valence-electron chi connectivity index (χ2n) is 3.86. The molecule has 0 radical (unpaired) electrons. The van der Waals surface area contributed by atoms with Gasteiger partial charge in [-0.1, -0.05) is 0 Å². The summed E-state index contributed by atoms with van der Waals surface area (Å²) in [7, 11) is 1.27. The van der Waals surface area contributed by atoms with Crippen LogP contribution in [0.2, 0.25) is 0 Å².